The first-order chi connectivity index (χ1) is 16.5. The summed E-state index contributed by atoms with van der Waals surface area (Å²) in [6.07, 6.45) is 5.05. The molecule has 2 aliphatic heterocycles. The monoisotopic (exact) mass is 461 g/mol. The highest BCUT2D eigenvalue weighted by molar-refractivity contribution is 5.78. The third kappa shape index (κ3) is 4.87. The van der Waals surface area contributed by atoms with Crippen molar-refractivity contribution in [2.24, 2.45) is 0 Å². The Morgan fingerprint density at radius 3 is 2.47 bits per heavy atom. The molecular formula is C29H39N3O2. The number of nitrogens with zero attached hydrogens (tertiary/aromatic N) is 3. The zero-order valence-electron chi connectivity index (χ0n) is 21.1. The highest BCUT2D eigenvalue weighted by Gasteiger charge is 2.30. The maximum atomic E-state index is 13.0. The van der Waals surface area contributed by atoms with Gasteiger partial charge in [-0.05, 0) is 59.6 Å². The van der Waals surface area contributed by atoms with E-state index in [1.165, 1.54) is 41.5 Å². The molecule has 5 nitrogen and oxygen atoms in total. The lowest BCUT2D eigenvalue weighted by atomic mass is 9.91. The van der Waals surface area contributed by atoms with Gasteiger partial charge in [0.1, 0.15) is 5.75 Å². The summed E-state index contributed by atoms with van der Waals surface area (Å²) in [4.78, 5) is 20.0. The summed E-state index contributed by atoms with van der Waals surface area (Å²) in [5, 5.41) is 0. The number of amides is 1. The molecular weight excluding hydrogens is 422 g/mol. The molecule has 5 heteroatoms. The first kappa shape index (κ1) is 23.4. The number of hydrogen-bond acceptors (Lipinski definition) is 4. The molecule has 2 fully saturated rings. The molecule has 2 aromatic rings. The van der Waals surface area contributed by atoms with Gasteiger partial charge in [-0.2, -0.15) is 0 Å². The van der Waals surface area contributed by atoms with Gasteiger partial charge >= 0.3 is 0 Å². The summed E-state index contributed by atoms with van der Waals surface area (Å²) in [6.45, 7) is 10.6. The lowest BCUT2D eigenvalue weighted by molar-refractivity contribution is -0.135. The van der Waals surface area contributed by atoms with E-state index in [9.17, 15) is 4.79 Å². The van der Waals surface area contributed by atoms with Crippen molar-refractivity contribution < 1.29 is 9.53 Å². The maximum Gasteiger partial charge on any atom is 0.236 e. The molecule has 182 valence electrons. The number of ether oxygens (including phenoxy) is 1. The van der Waals surface area contributed by atoms with E-state index >= 15 is 0 Å². The molecule has 2 heterocycles. The molecule has 0 atom stereocenters. The van der Waals surface area contributed by atoms with Gasteiger partial charge in [0.15, 0.2) is 0 Å². The Balaban J connectivity index is 1.22. The lowest BCUT2D eigenvalue weighted by Crippen LogP contribution is -2.55. The van der Waals surface area contributed by atoms with Gasteiger partial charge in [-0.25, -0.2) is 0 Å². The molecule has 0 radical (unpaired) electrons. The van der Waals surface area contributed by atoms with E-state index < -0.39 is 0 Å². The van der Waals surface area contributed by atoms with Crippen molar-refractivity contribution in [3.8, 4) is 16.9 Å². The molecule has 1 saturated heterocycles. The van der Waals surface area contributed by atoms with Crippen LogP contribution in [0.15, 0.2) is 36.4 Å². The number of piperazine rings is 1. The number of hydrogen-bond donors (Lipinski definition) is 0. The Morgan fingerprint density at radius 1 is 1.00 bits per heavy atom. The van der Waals surface area contributed by atoms with E-state index in [4.69, 9.17) is 4.74 Å². The molecule has 0 bridgehead atoms. The van der Waals surface area contributed by atoms with Crippen LogP contribution in [0.1, 0.15) is 55.7 Å². The highest BCUT2D eigenvalue weighted by Crippen LogP contribution is 2.35. The number of fused-ring (bicyclic) bond motifs is 1. The van der Waals surface area contributed by atoms with Crippen molar-refractivity contribution in [1.82, 2.24) is 14.7 Å². The summed E-state index contributed by atoms with van der Waals surface area (Å²) in [6, 6.07) is 14.1. The van der Waals surface area contributed by atoms with Gasteiger partial charge in [0, 0.05) is 50.9 Å². The number of carbonyl (C=O) groups is 1. The number of methoxy groups -OCH3 is 1. The topological polar surface area (TPSA) is 36.0 Å². The van der Waals surface area contributed by atoms with Gasteiger partial charge in [0.05, 0.1) is 13.7 Å². The zero-order valence-corrected chi connectivity index (χ0v) is 21.1. The van der Waals surface area contributed by atoms with Crippen molar-refractivity contribution in [2.45, 2.75) is 58.0 Å². The summed E-state index contributed by atoms with van der Waals surface area (Å²) in [5.41, 5.74) is 6.44. The molecule has 0 aromatic heterocycles. The van der Waals surface area contributed by atoms with Gasteiger partial charge < -0.3 is 9.64 Å². The normalized spacial score (nSPS) is 19.7. The lowest BCUT2D eigenvalue weighted by Gasteiger charge is -2.43. The Hall–Kier alpha value is -2.37. The Kier molecular flexibility index (Phi) is 6.94. The Labute approximate surface area is 204 Å². The summed E-state index contributed by atoms with van der Waals surface area (Å²) in [7, 11) is 1.74. The molecule has 5 rings (SSSR count). The van der Waals surface area contributed by atoms with Crippen LogP contribution in [0.4, 0.5) is 0 Å². The van der Waals surface area contributed by atoms with Crippen LogP contribution in [-0.2, 0) is 17.8 Å². The van der Waals surface area contributed by atoms with Crippen LogP contribution in [0, 0.1) is 0 Å². The average Bonchev–Trinajstić information content (AvgIpc) is 2.82. The van der Waals surface area contributed by atoms with Crippen molar-refractivity contribution >= 4 is 5.91 Å². The fraction of sp³-hybridized carbons (Fsp3) is 0.552. The van der Waals surface area contributed by atoms with E-state index in [-0.39, 0.29) is 0 Å². The van der Waals surface area contributed by atoms with Crippen LogP contribution < -0.4 is 4.74 Å². The van der Waals surface area contributed by atoms with E-state index in [0.717, 1.165) is 63.0 Å². The standard InChI is InChI=1S/C29H39N3O2/c1-21(2)22-9-10-28(34-3)27(18-22)24-7-8-25-19-30(12-11-23(25)17-24)20-29(33)32-15-13-31(14-16-32)26-5-4-6-26/h7-10,17-18,21,26H,4-6,11-16,19-20H2,1-3H3. The van der Waals surface area contributed by atoms with E-state index in [1.54, 1.807) is 7.11 Å². The highest BCUT2D eigenvalue weighted by atomic mass is 16.5. The molecule has 0 unspecified atom stereocenters. The second-order valence-electron chi connectivity index (χ2n) is 10.6. The molecule has 34 heavy (non-hydrogen) atoms. The van der Waals surface area contributed by atoms with Gasteiger partial charge in [-0.1, -0.05) is 44.5 Å². The fourth-order valence-electron chi connectivity index (χ4n) is 5.60. The van der Waals surface area contributed by atoms with Gasteiger partial charge in [0.25, 0.3) is 0 Å². The second-order valence-corrected chi connectivity index (χ2v) is 10.6. The van der Waals surface area contributed by atoms with Crippen LogP contribution in [0.25, 0.3) is 11.1 Å². The van der Waals surface area contributed by atoms with Gasteiger partial charge in [-0.3, -0.25) is 14.6 Å². The second kappa shape index (κ2) is 10.1. The molecule has 2 aromatic carbocycles. The van der Waals surface area contributed by atoms with Crippen molar-refractivity contribution in [3.63, 3.8) is 0 Å². The van der Waals surface area contributed by atoms with Crippen molar-refractivity contribution in [1.29, 1.82) is 0 Å². The number of rotatable bonds is 6. The van der Waals surface area contributed by atoms with E-state index in [2.05, 4.69) is 64.9 Å². The minimum atomic E-state index is 0.295. The van der Waals surface area contributed by atoms with Crippen molar-refractivity contribution in [2.75, 3.05) is 46.4 Å². The van der Waals surface area contributed by atoms with Gasteiger partial charge in [0.2, 0.25) is 5.91 Å². The number of carbonyl (C=O) groups excluding carboxylic acids is 1. The zero-order chi connectivity index (χ0) is 23.7. The third-order valence-electron chi connectivity index (χ3n) is 8.12. The summed E-state index contributed by atoms with van der Waals surface area (Å²) < 4.78 is 5.67. The Morgan fingerprint density at radius 2 is 1.79 bits per heavy atom. The first-order valence-corrected chi connectivity index (χ1v) is 13.1. The molecule has 3 aliphatic rings. The molecule has 1 aliphatic carbocycles. The minimum absolute atomic E-state index is 0.295. The Bertz CT molecular complexity index is 1020. The quantitative estimate of drug-likeness (QED) is 0.633. The van der Waals surface area contributed by atoms with Crippen LogP contribution in [0.5, 0.6) is 5.75 Å². The fourth-order valence-corrected chi connectivity index (χ4v) is 5.60. The molecule has 0 N–H and O–H groups in total. The molecule has 1 saturated carbocycles. The van der Waals surface area contributed by atoms with Gasteiger partial charge in [-0.15, -0.1) is 0 Å². The van der Waals surface area contributed by atoms with E-state index in [1.807, 2.05) is 0 Å². The van der Waals surface area contributed by atoms with Crippen LogP contribution >= 0.6 is 0 Å². The smallest absolute Gasteiger partial charge is 0.236 e. The predicted octanol–water partition coefficient (Wildman–Crippen LogP) is 4.54. The van der Waals surface area contributed by atoms with Crippen LogP contribution in [0.3, 0.4) is 0 Å². The molecule has 1 amide bonds. The van der Waals surface area contributed by atoms with Crippen molar-refractivity contribution in [3.05, 3.63) is 53.1 Å². The summed E-state index contributed by atoms with van der Waals surface area (Å²) in [5.74, 6) is 1.70. The predicted molar refractivity (Wildman–Crippen MR) is 137 cm³/mol. The van der Waals surface area contributed by atoms with E-state index in [0.29, 0.717) is 18.4 Å². The number of benzene rings is 2. The third-order valence-corrected chi connectivity index (χ3v) is 8.12. The first-order valence-electron chi connectivity index (χ1n) is 13.1. The van der Waals surface area contributed by atoms with Crippen LogP contribution in [0.2, 0.25) is 0 Å². The maximum absolute atomic E-state index is 13.0. The van der Waals surface area contributed by atoms with Crippen LogP contribution in [-0.4, -0.2) is 73.0 Å². The summed E-state index contributed by atoms with van der Waals surface area (Å²) >= 11 is 0. The average molecular weight is 462 g/mol. The minimum Gasteiger partial charge on any atom is -0.496 e. The SMILES string of the molecule is COc1ccc(C(C)C)cc1-c1ccc2c(c1)CCN(CC(=O)N1CCN(C3CCC3)CC1)C2. The molecule has 0 spiro atoms. The largest absolute Gasteiger partial charge is 0.496 e.